The van der Waals surface area contributed by atoms with Crippen molar-refractivity contribution in [3.8, 4) is 0 Å². The molecule has 24 heavy (non-hydrogen) atoms. The van der Waals surface area contributed by atoms with Gasteiger partial charge in [-0.05, 0) is 49.9 Å². The molecule has 2 aliphatic carbocycles. The maximum Gasteiger partial charge on any atom is 0.310 e. The van der Waals surface area contributed by atoms with E-state index in [9.17, 15) is 14.4 Å². The van der Waals surface area contributed by atoms with E-state index in [1.807, 2.05) is 0 Å². The maximum absolute atomic E-state index is 12.6. The van der Waals surface area contributed by atoms with Gasteiger partial charge < -0.3 is 9.47 Å². The van der Waals surface area contributed by atoms with Crippen LogP contribution >= 0.6 is 11.6 Å². The molecule has 1 aromatic rings. The highest BCUT2D eigenvalue weighted by atomic mass is 35.5. The van der Waals surface area contributed by atoms with Gasteiger partial charge in [-0.25, -0.2) is 0 Å². The van der Waals surface area contributed by atoms with Gasteiger partial charge in [0.05, 0.1) is 11.8 Å². The van der Waals surface area contributed by atoms with E-state index >= 15 is 0 Å². The summed E-state index contributed by atoms with van der Waals surface area (Å²) in [5, 5.41) is 0.535. The molecule has 6 atom stereocenters. The number of ketones is 1. The molecule has 0 aromatic heterocycles. The summed E-state index contributed by atoms with van der Waals surface area (Å²) in [6, 6.07) is 6.44. The summed E-state index contributed by atoms with van der Waals surface area (Å²) in [6.45, 7) is 1.55. The third kappa shape index (κ3) is 2.34. The molecule has 6 heteroatoms. The fourth-order valence-electron chi connectivity index (χ4n) is 4.48. The van der Waals surface area contributed by atoms with Crippen LogP contribution in [0.1, 0.15) is 30.1 Å². The Hall–Kier alpha value is -1.88. The van der Waals surface area contributed by atoms with Gasteiger partial charge in [-0.15, -0.1) is 0 Å². The van der Waals surface area contributed by atoms with Crippen LogP contribution in [0.25, 0.3) is 0 Å². The summed E-state index contributed by atoms with van der Waals surface area (Å²) >= 11 is 5.81. The SMILES string of the molecule is C[C@@H](OC(=O)[C@H]1[C@@H]2C[C@H]3[C@@H]1C(=O)O[C@@H]3C2)C(=O)c1ccc(Cl)cc1. The van der Waals surface area contributed by atoms with Crippen LogP contribution in [-0.2, 0) is 19.1 Å². The van der Waals surface area contributed by atoms with Gasteiger partial charge in [0.2, 0.25) is 5.78 Å². The van der Waals surface area contributed by atoms with Gasteiger partial charge in [0.15, 0.2) is 6.10 Å². The second-order valence-corrected chi connectivity index (χ2v) is 7.31. The first-order valence-electron chi connectivity index (χ1n) is 8.16. The van der Waals surface area contributed by atoms with Crippen LogP contribution in [-0.4, -0.2) is 29.9 Å². The van der Waals surface area contributed by atoms with Crippen LogP contribution in [0.4, 0.5) is 0 Å². The van der Waals surface area contributed by atoms with E-state index in [1.54, 1.807) is 31.2 Å². The number of fused-ring (bicyclic) bond motifs is 1. The molecule has 0 spiro atoms. The summed E-state index contributed by atoms with van der Waals surface area (Å²) in [6.07, 6.45) is 0.641. The Morgan fingerprint density at radius 3 is 2.67 bits per heavy atom. The van der Waals surface area contributed by atoms with Gasteiger partial charge >= 0.3 is 11.9 Å². The lowest BCUT2D eigenvalue weighted by atomic mass is 9.80. The number of Topliss-reactive ketones (excluding diaryl/α,β-unsaturated/α-hetero) is 1. The quantitative estimate of drug-likeness (QED) is 0.618. The molecule has 1 heterocycles. The normalized spacial score (nSPS) is 34.1. The molecule has 3 aliphatic rings. The number of halogens is 1. The molecule has 1 aliphatic heterocycles. The minimum absolute atomic E-state index is 0.0235. The highest BCUT2D eigenvalue weighted by molar-refractivity contribution is 6.30. The molecule has 0 N–H and O–H groups in total. The molecule has 1 saturated heterocycles. The van der Waals surface area contributed by atoms with E-state index in [4.69, 9.17) is 21.1 Å². The zero-order chi connectivity index (χ0) is 17.0. The predicted molar refractivity (Wildman–Crippen MR) is 84.4 cm³/mol. The summed E-state index contributed by atoms with van der Waals surface area (Å²) < 4.78 is 10.7. The van der Waals surface area contributed by atoms with E-state index in [2.05, 4.69) is 0 Å². The highest BCUT2D eigenvalue weighted by Gasteiger charge is 2.64. The average Bonchev–Trinajstić information content (AvgIpc) is 3.16. The molecule has 0 amide bonds. The van der Waals surface area contributed by atoms with Crippen LogP contribution in [0.2, 0.25) is 5.02 Å². The van der Waals surface area contributed by atoms with E-state index in [1.165, 1.54) is 0 Å². The van der Waals surface area contributed by atoms with Crippen LogP contribution in [0.3, 0.4) is 0 Å². The summed E-state index contributed by atoms with van der Waals surface area (Å²) in [7, 11) is 0. The van der Waals surface area contributed by atoms with Gasteiger partial charge in [0, 0.05) is 16.5 Å². The van der Waals surface area contributed by atoms with Crippen molar-refractivity contribution in [1.82, 2.24) is 0 Å². The van der Waals surface area contributed by atoms with Crippen LogP contribution in [0.15, 0.2) is 24.3 Å². The zero-order valence-electron chi connectivity index (χ0n) is 13.1. The number of esters is 2. The van der Waals surface area contributed by atoms with E-state index in [-0.39, 0.29) is 35.6 Å². The Morgan fingerprint density at radius 1 is 1.25 bits per heavy atom. The molecule has 3 fully saturated rings. The van der Waals surface area contributed by atoms with Gasteiger partial charge in [-0.3, -0.25) is 14.4 Å². The molecular formula is C18H17ClO5. The summed E-state index contributed by atoms with van der Waals surface area (Å²) in [4.78, 5) is 36.9. The van der Waals surface area contributed by atoms with E-state index in [0.29, 0.717) is 10.6 Å². The molecule has 2 bridgehead atoms. The Morgan fingerprint density at radius 2 is 1.96 bits per heavy atom. The Kier molecular flexibility index (Phi) is 3.64. The van der Waals surface area contributed by atoms with Crippen LogP contribution in [0.5, 0.6) is 0 Å². The number of hydrogen-bond acceptors (Lipinski definition) is 5. The second-order valence-electron chi connectivity index (χ2n) is 6.87. The maximum atomic E-state index is 12.6. The van der Waals surface area contributed by atoms with Crippen LogP contribution < -0.4 is 0 Å². The molecule has 4 rings (SSSR count). The number of carbonyl (C=O) groups excluding carboxylic acids is 3. The molecular weight excluding hydrogens is 332 g/mol. The molecule has 126 valence electrons. The molecule has 2 saturated carbocycles. The molecule has 5 nitrogen and oxygen atoms in total. The highest BCUT2D eigenvalue weighted by Crippen LogP contribution is 2.58. The average molecular weight is 349 g/mol. The fourth-order valence-corrected chi connectivity index (χ4v) is 4.61. The molecule has 0 unspecified atom stereocenters. The minimum Gasteiger partial charge on any atom is -0.462 e. The van der Waals surface area contributed by atoms with Crippen molar-refractivity contribution in [3.05, 3.63) is 34.9 Å². The Balaban J connectivity index is 1.45. The van der Waals surface area contributed by atoms with Crippen molar-refractivity contribution >= 4 is 29.3 Å². The number of benzene rings is 1. The lowest BCUT2D eigenvalue weighted by Gasteiger charge is -2.24. The van der Waals surface area contributed by atoms with Crippen molar-refractivity contribution in [2.75, 3.05) is 0 Å². The summed E-state index contributed by atoms with van der Waals surface area (Å²) in [5.74, 6) is -1.62. The van der Waals surface area contributed by atoms with Crippen molar-refractivity contribution in [3.63, 3.8) is 0 Å². The van der Waals surface area contributed by atoms with Crippen molar-refractivity contribution < 1.29 is 23.9 Å². The lowest BCUT2D eigenvalue weighted by molar-refractivity contribution is -0.157. The summed E-state index contributed by atoms with van der Waals surface area (Å²) in [5.41, 5.74) is 0.438. The largest absolute Gasteiger partial charge is 0.462 e. The van der Waals surface area contributed by atoms with Gasteiger partial charge in [0.1, 0.15) is 6.10 Å². The Labute approximate surface area is 144 Å². The predicted octanol–water partition coefficient (Wildman–Crippen LogP) is 2.65. The second kappa shape index (κ2) is 5.59. The molecule has 0 radical (unpaired) electrons. The van der Waals surface area contributed by atoms with Gasteiger partial charge in [0.25, 0.3) is 0 Å². The topological polar surface area (TPSA) is 69.7 Å². The lowest BCUT2D eigenvalue weighted by Crippen LogP contribution is -2.36. The van der Waals surface area contributed by atoms with E-state index < -0.39 is 18.0 Å². The Bertz CT molecular complexity index is 711. The number of ether oxygens (including phenoxy) is 2. The third-order valence-corrected chi connectivity index (χ3v) is 5.80. The first-order valence-corrected chi connectivity index (χ1v) is 8.54. The monoisotopic (exact) mass is 348 g/mol. The van der Waals surface area contributed by atoms with Crippen LogP contribution in [0, 0.1) is 23.7 Å². The molecule has 1 aromatic carbocycles. The van der Waals surface area contributed by atoms with Crippen molar-refractivity contribution in [2.45, 2.75) is 32.0 Å². The standard InChI is InChI=1S/C18H17ClO5/c1-8(16(20)9-2-4-11(19)5-3-9)23-17(21)14-10-6-12-13(7-10)24-18(22)15(12)14/h2-5,8,10,12-15H,6-7H2,1H3/t8-,10-,12-,13-,14+,15+/m1/s1. The van der Waals surface area contributed by atoms with E-state index in [0.717, 1.165) is 12.8 Å². The third-order valence-electron chi connectivity index (χ3n) is 5.55. The van der Waals surface area contributed by atoms with Crippen molar-refractivity contribution in [1.29, 1.82) is 0 Å². The number of hydrogen-bond donors (Lipinski definition) is 0. The number of rotatable bonds is 4. The van der Waals surface area contributed by atoms with Gasteiger partial charge in [-0.2, -0.15) is 0 Å². The number of carbonyl (C=O) groups is 3. The zero-order valence-corrected chi connectivity index (χ0v) is 13.9. The smallest absolute Gasteiger partial charge is 0.310 e. The first kappa shape index (κ1) is 15.6. The fraction of sp³-hybridized carbons (Fsp3) is 0.500. The van der Waals surface area contributed by atoms with Crippen molar-refractivity contribution in [2.24, 2.45) is 23.7 Å². The first-order chi connectivity index (χ1) is 11.5. The van der Waals surface area contributed by atoms with Gasteiger partial charge in [-0.1, -0.05) is 11.6 Å². The minimum atomic E-state index is -0.897.